The molecule has 0 radical (unpaired) electrons. The number of aliphatic carboxylic acids is 1. The molecular formula is C20H20N2O6. The lowest BCUT2D eigenvalue weighted by Gasteiger charge is -2.09. The minimum absolute atomic E-state index is 0.0186. The number of benzene rings is 2. The Balaban J connectivity index is 0.000000209. The fourth-order valence-electron chi connectivity index (χ4n) is 2.62. The fourth-order valence-corrected chi connectivity index (χ4v) is 2.62. The molecule has 3 aromatic rings. The second-order valence-electron chi connectivity index (χ2n) is 5.93. The quantitative estimate of drug-likeness (QED) is 0.440. The number of H-pyrrole nitrogens is 1. The van der Waals surface area contributed by atoms with Crippen LogP contribution in [0.3, 0.4) is 0 Å². The van der Waals surface area contributed by atoms with Gasteiger partial charge in [0, 0.05) is 23.5 Å². The topological polar surface area (TPSA) is 140 Å². The van der Waals surface area contributed by atoms with E-state index in [0.717, 1.165) is 22.5 Å². The molecule has 0 saturated heterocycles. The van der Waals surface area contributed by atoms with Crippen LogP contribution >= 0.6 is 0 Å². The molecule has 1 aromatic heterocycles. The van der Waals surface area contributed by atoms with Crippen molar-refractivity contribution in [2.45, 2.75) is 12.5 Å². The van der Waals surface area contributed by atoms with Gasteiger partial charge in [0.15, 0.2) is 0 Å². The molecule has 146 valence electrons. The van der Waals surface area contributed by atoms with Crippen LogP contribution in [0.4, 0.5) is 0 Å². The van der Waals surface area contributed by atoms with E-state index in [-0.39, 0.29) is 11.1 Å². The Kier molecular flexibility index (Phi) is 6.89. The molecule has 0 aliphatic rings. The zero-order valence-electron chi connectivity index (χ0n) is 15.0. The van der Waals surface area contributed by atoms with Gasteiger partial charge in [-0.3, -0.25) is 4.79 Å². The Hall–Kier alpha value is -3.65. The first-order valence-electron chi connectivity index (χ1n) is 8.35. The Morgan fingerprint density at radius 1 is 0.964 bits per heavy atom. The number of hydrogen-bond donors (Lipinski definition) is 5. The van der Waals surface area contributed by atoms with Crippen molar-refractivity contribution < 1.29 is 29.7 Å². The minimum atomic E-state index is -1.13. The van der Waals surface area contributed by atoms with Crippen LogP contribution in [0, 0.1) is 0 Å². The molecule has 28 heavy (non-hydrogen) atoms. The summed E-state index contributed by atoms with van der Waals surface area (Å²) in [6.45, 7) is 0. The SMILES string of the molecule is CNC(Cc1c[nH]c2ccccc12)C(=O)O.O=C(O)c1cccc(C(=O)O)c1. The lowest BCUT2D eigenvalue weighted by molar-refractivity contribution is -0.139. The Bertz CT molecular complexity index is 966. The van der Waals surface area contributed by atoms with E-state index in [9.17, 15) is 14.4 Å². The van der Waals surface area contributed by atoms with Crippen LogP contribution in [0.1, 0.15) is 26.3 Å². The number of para-hydroxylation sites is 1. The van der Waals surface area contributed by atoms with Gasteiger partial charge in [0.05, 0.1) is 11.1 Å². The third-order valence-corrected chi connectivity index (χ3v) is 4.10. The summed E-state index contributed by atoms with van der Waals surface area (Å²) < 4.78 is 0. The molecule has 8 heteroatoms. The van der Waals surface area contributed by atoms with Gasteiger partial charge in [0.25, 0.3) is 0 Å². The third-order valence-electron chi connectivity index (χ3n) is 4.10. The summed E-state index contributed by atoms with van der Waals surface area (Å²) in [6, 6.07) is 12.5. The largest absolute Gasteiger partial charge is 0.480 e. The first kappa shape index (κ1) is 20.7. The number of likely N-dealkylation sites (N-methyl/N-ethyl adjacent to an activating group) is 1. The molecular weight excluding hydrogens is 364 g/mol. The monoisotopic (exact) mass is 384 g/mol. The first-order valence-corrected chi connectivity index (χ1v) is 8.35. The summed E-state index contributed by atoms with van der Waals surface area (Å²) in [5, 5.41) is 29.8. The van der Waals surface area contributed by atoms with Gasteiger partial charge in [0.2, 0.25) is 0 Å². The van der Waals surface area contributed by atoms with Crippen LogP contribution in [-0.2, 0) is 11.2 Å². The van der Waals surface area contributed by atoms with E-state index >= 15 is 0 Å². The van der Waals surface area contributed by atoms with E-state index in [0.29, 0.717) is 6.42 Å². The van der Waals surface area contributed by atoms with Crippen LogP contribution in [-0.4, -0.2) is 51.3 Å². The lowest BCUT2D eigenvalue weighted by Crippen LogP contribution is -2.35. The van der Waals surface area contributed by atoms with E-state index in [1.807, 2.05) is 30.5 Å². The third kappa shape index (κ3) is 5.18. The average molecular weight is 384 g/mol. The van der Waals surface area contributed by atoms with Gasteiger partial charge in [0.1, 0.15) is 6.04 Å². The van der Waals surface area contributed by atoms with Crippen molar-refractivity contribution >= 4 is 28.8 Å². The highest BCUT2D eigenvalue weighted by molar-refractivity contribution is 5.93. The van der Waals surface area contributed by atoms with Crippen molar-refractivity contribution in [1.29, 1.82) is 0 Å². The number of aromatic amines is 1. The molecule has 0 spiro atoms. The Labute approximate surface area is 160 Å². The van der Waals surface area contributed by atoms with Crippen molar-refractivity contribution in [3.05, 3.63) is 71.4 Å². The van der Waals surface area contributed by atoms with Gasteiger partial charge >= 0.3 is 17.9 Å². The summed E-state index contributed by atoms with van der Waals surface area (Å²) in [5.74, 6) is -3.08. The number of fused-ring (bicyclic) bond motifs is 1. The number of carbonyl (C=O) groups is 3. The zero-order chi connectivity index (χ0) is 20.7. The average Bonchev–Trinajstić information content (AvgIpc) is 3.09. The first-order chi connectivity index (χ1) is 13.3. The summed E-state index contributed by atoms with van der Waals surface area (Å²) in [5.41, 5.74) is 2.03. The molecule has 8 nitrogen and oxygen atoms in total. The van der Waals surface area contributed by atoms with Crippen LogP contribution < -0.4 is 5.32 Å². The maximum absolute atomic E-state index is 10.9. The Morgan fingerprint density at radius 2 is 1.57 bits per heavy atom. The van der Waals surface area contributed by atoms with E-state index in [4.69, 9.17) is 15.3 Å². The molecule has 1 unspecified atom stereocenters. The summed E-state index contributed by atoms with van der Waals surface area (Å²) in [4.78, 5) is 34.8. The number of carboxylic acids is 3. The van der Waals surface area contributed by atoms with Crippen molar-refractivity contribution in [1.82, 2.24) is 10.3 Å². The number of hydrogen-bond acceptors (Lipinski definition) is 4. The van der Waals surface area contributed by atoms with Gasteiger partial charge in [-0.05, 0) is 36.9 Å². The second-order valence-corrected chi connectivity index (χ2v) is 5.93. The zero-order valence-corrected chi connectivity index (χ0v) is 15.0. The lowest BCUT2D eigenvalue weighted by atomic mass is 10.1. The normalized spacial score (nSPS) is 11.3. The van der Waals surface area contributed by atoms with Crippen LogP contribution in [0.15, 0.2) is 54.7 Å². The van der Waals surface area contributed by atoms with Crippen molar-refractivity contribution in [2.24, 2.45) is 0 Å². The predicted octanol–water partition coefficient (Wildman–Crippen LogP) is 2.47. The minimum Gasteiger partial charge on any atom is -0.480 e. The van der Waals surface area contributed by atoms with Crippen LogP contribution in [0.2, 0.25) is 0 Å². The Morgan fingerprint density at radius 3 is 2.11 bits per heavy atom. The van der Waals surface area contributed by atoms with Crippen molar-refractivity contribution in [2.75, 3.05) is 7.05 Å². The number of aromatic carboxylic acids is 2. The van der Waals surface area contributed by atoms with E-state index < -0.39 is 23.9 Å². The summed E-state index contributed by atoms with van der Waals surface area (Å²) in [7, 11) is 1.66. The number of carboxylic acid groups (broad SMARTS) is 3. The van der Waals surface area contributed by atoms with Gasteiger partial charge in [-0.25, -0.2) is 9.59 Å². The smallest absolute Gasteiger partial charge is 0.335 e. The van der Waals surface area contributed by atoms with E-state index in [2.05, 4.69) is 10.3 Å². The molecule has 1 atom stereocenters. The van der Waals surface area contributed by atoms with Crippen molar-refractivity contribution in [3.63, 3.8) is 0 Å². The second kappa shape index (κ2) is 9.33. The van der Waals surface area contributed by atoms with Gasteiger partial charge in [-0.2, -0.15) is 0 Å². The molecule has 3 rings (SSSR count). The van der Waals surface area contributed by atoms with Crippen molar-refractivity contribution in [3.8, 4) is 0 Å². The fraction of sp³-hybridized carbons (Fsp3) is 0.150. The number of nitrogens with one attached hydrogen (secondary N) is 2. The maximum atomic E-state index is 10.9. The molecule has 0 aliphatic carbocycles. The predicted molar refractivity (Wildman–Crippen MR) is 103 cm³/mol. The van der Waals surface area contributed by atoms with E-state index in [1.54, 1.807) is 7.05 Å². The van der Waals surface area contributed by atoms with Gasteiger partial charge in [-0.1, -0.05) is 24.3 Å². The maximum Gasteiger partial charge on any atom is 0.335 e. The molecule has 0 aliphatic heterocycles. The molecule has 0 bridgehead atoms. The summed E-state index contributed by atoms with van der Waals surface area (Å²) >= 11 is 0. The molecule has 0 saturated carbocycles. The molecule has 2 aromatic carbocycles. The van der Waals surface area contributed by atoms with E-state index in [1.165, 1.54) is 18.2 Å². The highest BCUT2D eigenvalue weighted by atomic mass is 16.4. The highest BCUT2D eigenvalue weighted by Gasteiger charge is 2.17. The van der Waals surface area contributed by atoms with Gasteiger partial charge in [-0.15, -0.1) is 0 Å². The molecule has 0 amide bonds. The van der Waals surface area contributed by atoms with Gasteiger partial charge < -0.3 is 25.6 Å². The van der Waals surface area contributed by atoms with Crippen LogP contribution in [0.5, 0.6) is 0 Å². The molecule has 0 fully saturated rings. The highest BCUT2D eigenvalue weighted by Crippen LogP contribution is 2.19. The summed E-state index contributed by atoms with van der Waals surface area (Å²) in [6.07, 6.45) is 2.35. The van der Waals surface area contributed by atoms with Crippen LogP contribution in [0.25, 0.3) is 10.9 Å². The molecule has 5 N–H and O–H groups in total. The number of aromatic nitrogens is 1. The number of rotatable bonds is 6. The standard InChI is InChI=1S/C12H14N2O2.C8H6O4/c1-13-11(12(15)16)6-8-7-14-10-5-3-2-4-9(8)10;9-7(10)5-2-1-3-6(4-5)8(11)12/h2-5,7,11,13-14H,6H2,1H3,(H,15,16);1-4H,(H,9,10)(H,11,12). The molecule has 1 heterocycles.